The Morgan fingerprint density at radius 1 is 0.559 bits per heavy atom. The molecule has 0 rings (SSSR count). The first-order valence-electron chi connectivity index (χ1n) is 6.63. The molecule has 0 aliphatic heterocycles. The van der Waals surface area contributed by atoms with Crippen LogP contribution in [-0.4, -0.2) is 66.1 Å². The van der Waals surface area contributed by atoms with E-state index >= 15 is 0 Å². The first-order chi connectivity index (χ1) is 14.3. The van der Waals surface area contributed by atoms with Crippen LogP contribution in [0.25, 0.3) is 0 Å². The van der Waals surface area contributed by atoms with Crippen LogP contribution in [-0.2, 0) is 11.1 Å². The summed E-state index contributed by atoms with van der Waals surface area (Å²) in [4.78, 5) is 0. The second-order valence-corrected chi connectivity index (χ2v) is 5.83. The summed E-state index contributed by atoms with van der Waals surface area (Å²) in [6.07, 6.45) is -20.9. The van der Waals surface area contributed by atoms with E-state index < -0.39 is 70.5 Å². The number of hydrogen-bond acceptors (Lipinski definition) is 4. The highest BCUT2D eigenvalue weighted by Gasteiger charge is 2.97. The van der Waals surface area contributed by atoms with E-state index in [4.69, 9.17) is 18.6 Å². The van der Waals surface area contributed by atoms with Crippen molar-refractivity contribution in [3.63, 3.8) is 0 Å². The van der Waals surface area contributed by atoms with Crippen molar-refractivity contribution in [2.75, 3.05) is 0 Å². The number of rotatable bonds is 6. The molecule has 0 spiro atoms. The lowest BCUT2D eigenvalue weighted by molar-refractivity contribution is -0.483. The lowest BCUT2D eigenvalue weighted by Crippen LogP contribution is -2.80. The van der Waals surface area contributed by atoms with Crippen molar-refractivity contribution in [3.05, 3.63) is 11.9 Å². The fraction of sp³-hybridized carbons (Fsp3) is 0.800. The lowest BCUT2D eigenvalue weighted by Gasteiger charge is -2.47. The molecule has 0 aromatic heterocycles. The molecule has 0 amide bonds. The summed E-state index contributed by atoms with van der Waals surface area (Å²) in [5, 5.41) is 16.4. The molecule has 0 fully saturated rings. The average Bonchev–Trinajstić information content (AvgIpc) is 2.56. The van der Waals surface area contributed by atoms with Crippen LogP contribution in [0.5, 0.6) is 0 Å². The monoisotopic (exact) mass is 580 g/mol. The first kappa shape index (κ1) is 34.4. The van der Waals surface area contributed by atoms with Crippen molar-refractivity contribution in [2.45, 2.75) is 47.5 Å². The van der Waals surface area contributed by atoms with Crippen molar-refractivity contribution in [1.82, 2.24) is 0 Å². The van der Waals surface area contributed by atoms with E-state index in [1.165, 1.54) is 0 Å². The molecular weight excluding hydrogens is 577 g/mol. The van der Waals surface area contributed by atoms with E-state index in [1.54, 1.807) is 0 Å². The van der Waals surface area contributed by atoms with E-state index in [1.807, 2.05) is 0 Å². The molecule has 0 bridgehead atoms. The Balaban J connectivity index is 0. The maximum atomic E-state index is 13.9. The summed E-state index contributed by atoms with van der Waals surface area (Å²) in [7, 11) is 0. The summed E-state index contributed by atoms with van der Waals surface area (Å²) in [5.41, 5.74) is -8.82. The molecule has 0 aromatic carbocycles. The van der Waals surface area contributed by atoms with Crippen molar-refractivity contribution >= 4 is 11.1 Å². The minimum absolute atomic E-state index is 3.62. The molecule has 0 saturated heterocycles. The summed E-state index contributed by atoms with van der Waals surface area (Å²) in [6.45, 7) is 0. The van der Waals surface area contributed by atoms with Gasteiger partial charge in [0.1, 0.15) is 0 Å². The van der Waals surface area contributed by atoms with Gasteiger partial charge in [0.05, 0.1) is 0 Å². The molecule has 0 aromatic rings. The number of aliphatic hydroxyl groups is 2. The Kier molecular flexibility index (Phi) is 9.51. The van der Waals surface area contributed by atoms with Crippen LogP contribution in [0.1, 0.15) is 0 Å². The normalized spacial score (nSPS) is 19.4. The number of thiol groups is 1. The predicted molar refractivity (Wildman–Crippen MR) is 64.7 cm³/mol. The highest BCUT2D eigenvalue weighted by atomic mass is 32.2. The van der Waals surface area contributed by atoms with Gasteiger partial charge >= 0.3 is 53.6 Å². The highest BCUT2D eigenvalue weighted by Crippen LogP contribution is 2.64. The Hall–Kier alpha value is -1.72. The van der Waals surface area contributed by atoms with Crippen LogP contribution >= 0.6 is 0 Å². The molecule has 0 aliphatic rings. The zero-order chi connectivity index (χ0) is 28.7. The Bertz CT molecular complexity index is 825. The van der Waals surface area contributed by atoms with Gasteiger partial charge in [-0.3, -0.25) is 0 Å². The standard InChI is InChI=1S/C10H2F18O2.FHO2S/c11-1(2(12)13)3(14,29)5(16,17)4(15,9(23,24)25)8(22,30)6(18,19)7(20,21)10(26,27)28;1-4(2)3/h29-30H;4H. The first-order valence-corrected chi connectivity index (χ1v) is 7.70. The highest BCUT2D eigenvalue weighted by molar-refractivity contribution is 7.66. The maximum absolute atomic E-state index is 13.9. The van der Waals surface area contributed by atoms with Crippen LogP contribution in [0.2, 0.25) is 0 Å². The van der Waals surface area contributed by atoms with Gasteiger partial charge in [0, 0.05) is 0 Å². The fourth-order valence-electron chi connectivity index (χ4n) is 1.67. The molecule has 2 N–H and O–H groups in total. The SMILES string of the molecule is O=[SH](=O)F.OC(F)(C(F)=C(F)F)C(F)(F)C(F)(C(F)(F)F)C(O)(F)C(F)(F)C(F)(F)C(F)(F)F. The molecule has 34 heavy (non-hydrogen) atoms. The van der Waals surface area contributed by atoms with E-state index in [2.05, 4.69) is 0 Å². The average molecular weight is 580 g/mol. The Morgan fingerprint density at radius 2 is 0.853 bits per heavy atom. The third-order valence-electron chi connectivity index (χ3n) is 3.32. The molecule has 3 unspecified atom stereocenters. The van der Waals surface area contributed by atoms with Crippen LogP contribution in [0, 0.1) is 0 Å². The summed E-state index contributed by atoms with van der Waals surface area (Å²) in [5.74, 6) is -46.4. The van der Waals surface area contributed by atoms with Gasteiger partial charge in [0.2, 0.25) is 5.83 Å². The molecule has 0 heterocycles. The van der Waals surface area contributed by atoms with Crippen LogP contribution in [0.3, 0.4) is 0 Å². The predicted octanol–water partition coefficient (Wildman–Crippen LogP) is 4.60. The van der Waals surface area contributed by atoms with Gasteiger partial charge in [-0.05, 0) is 0 Å². The van der Waals surface area contributed by atoms with Crippen LogP contribution in [0.4, 0.5) is 82.9 Å². The largest absolute Gasteiger partial charge is 0.460 e. The number of halogens is 19. The lowest BCUT2D eigenvalue weighted by atomic mass is 9.79. The third kappa shape index (κ3) is 5.11. The second-order valence-electron chi connectivity index (χ2n) is 5.41. The molecule has 4 nitrogen and oxygen atoms in total. The Morgan fingerprint density at radius 3 is 1.06 bits per heavy atom. The summed E-state index contributed by atoms with van der Waals surface area (Å²) < 4.78 is 256. The van der Waals surface area contributed by atoms with Gasteiger partial charge in [-0.15, -0.1) is 3.89 Å². The van der Waals surface area contributed by atoms with Gasteiger partial charge in [-0.2, -0.15) is 78.7 Å². The van der Waals surface area contributed by atoms with Gasteiger partial charge in [0.15, 0.2) is 0 Å². The zero-order valence-corrected chi connectivity index (χ0v) is 15.2. The second kappa shape index (κ2) is 9.39. The minimum atomic E-state index is -8.82. The quantitative estimate of drug-likeness (QED) is 0.244. The minimum Gasteiger partial charge on any atom is -0.354 e. The van der Waals surface area contributed by atoms with Crippen molar-refractivity contribution in [1.29, 1.82) is 0 Å². The van der Waals surface area contributed by atoms with E-state index in [-0.39, 0.29) is 0 Å². The molecule has 0 saturated carbocycles. The number of alkyl halides is 15. The molecule has 206 valence electrons. The zero-order valence-electron chi connectivity index (χ0n) is 14.3. The van der Waals surface area contributed by atoms with E-state index in [0.29, 0.717) is 0 Å². The molecular formula is C10H3F19O4S. The van der Waals surface area contributed by atoms with Crippen molar-refractivity contribution < 1.29 is 102 Å². The van der Waals surface area contributed by atoms with Crippen LogP contribution in [0.15, 0.2) is 11.9 Å². The molecule has 3 atom stereocenters. The van der Waals surface area contributed by atoms with Crippen molar-refractivity contribution in [2.24, 2.45) is 0 Å². The topological polar surface area (TPSA) is 74.6 Å². The van der Waals surface area contributed by atoms with Gasteiger partial charge in [0.25, 0.3) is 11.1 Å². The van der Waals surface area contributed by atoms with E-state index in [0.717, 1.165) is 0 Å². The van der Waals surface area contributed by atoms with E-state index in [9.17, 15) is 82.9 Å². The maximum Gasteiger partial charge on any atom is 0.460 e. The van der Waals surface area contributed by atoms with Crippen molar-refractivity contribution in [3.8, 4) is 0 Å². The molecule has 0 aliphatic carbocycles. The fourth-order valence-corrected chi connectivity index (χ4v) is 1.67. The summed E-state index contributed by atoms with van der Waals surface area (Å²) >= 11 is -3.62. The molecule has 0 radical (unpaired) electrons. The van der Waals surface area contributed by atoms with Gasteiger partial charge in [-0.1, -0.05) is 0 Å². The van der Waals surface area contributed by atoms with Crippen LogP contribution < -0.4 is 0 Å². The number of hydrogen-bond donors (Lipinski definition) is 3. The summed E-state index contributed by atoms with van der Waals surface area (Å²) in [6, 6.07) is 0. The van der Waals surface area contributed by atoms with Gasteiger partial charge in [-0.25, -0.2) is 8.78 Å². The Labute approximate surface area is 173 Å². The molecule has 24 heteroatoms. The smallest absolute Gasteiger partial charge is 0.354 e. The van der Waals surface area contributed by atoms with Gasteiger partial charge < -0.3 is 10.2 Å². The third-order valence-corrected chi connectivity index (χ3v) is 3.32.